The minimum Gasteiger partial charge on any atom is -0.465 e. The summed E-state index contributed by atoms with van der Waals surface area (Å²) in [7, 11) is 1.16. The summed E-state index contributed by atoms with van der Waals surface area (Å²) in [6.45, 7) is 2.24. The van der Waals surface area contributed by atoms with E-state index in [9.17, 15) is 19.5 Å². The summed E-state index contributed by atoms with van der Waals surface area (Å²) in [5.74, 6) is -1.50. The van der Waals surface area contributed by atoms with Gasteiger partial charge in [0.15, 0.2) is 0 Å². The molecule has 0 unspecified atom stereocenters. The molecule has 0 saturated carbocycles. The summed E-state index contributed by atoms with van der Waals surface area (Å²) in [6, 6.07) is 3.93. The summed E-state index contributed by atoms with van der Waals surface area (Å²) >= 11 is 5.84. The largest absolute Gasteiger partial charge is 0.465 e. The van der Waals surface area contributed by atoms with Crippen LogP contribution in [0.1, 0.15) is 23.7 Å². The topological polar surface area (TPSA) is 93.1 Å². The van der Waals surface area contributed by atoms with Crippen molar-refractivity contribution in [1.29, 1.82) is 0 Å². The maximum Gasteiger partial charge on any atom is 0.418 e. The molecule has 0 bridgehead atoms. The van der Waals surface area contributed by atoms with Crippen LogP contribution in [-0.4, -0.2) is 43.4 Å². The number of imide groups is 1. The van der Waals surface area contributed by atoms with Gasteiger partial charge < -0.3 is 14.6 Å². The van der Waals surface area contributed by atoms with Crippen molar-refractivity contribution in [1.82, 2.24) is 0 Å². The van der Waals surface area contributed by atoms with Gasteiger partial charge in [-0.05, 0) is 25.1 Å². The Labute approximate surface area is 132 Å². The third kappa shape index (κ3) is 4.44. The zero-order valence-electron chi connectivity index (χ0n) is 12.2. The van der Waals surface area contributed by atoms with Crippen LogP contribution in [-0.2, 0) is 14.3 Å². The normalized spacial score (nSPS) is 10.1. The number of hydrogen-bond acceptors (Lipinski definition) is 5. The molecular weight excluding hydrogens is 314 g/mol. The van der Waals surface area contributed by atoms with Crippen LogP contribution in [0.5, 0.6) is 0 Å². The molecule has 8 heteroatoms. The number of methoxy groups -OCH3 is 1. The zero-order valence-corrected chi connectivity index (χ0v) is 12.9. The van der Waals surface area contributed by atoms with Crippen LogP contribution < -0.4 is 4.90 Å². The highest BCUT2D eigenvalue weighted by Crippen LogP contribution is 2.26. The standard InChI is InChI=1S/C14H16ClNO6/c1-3-22-7-6-12(17)16(14(19)20)11-8-9(15)4-5-10(11)13(18)21-2/h4-5,8H,3,6-7H2,1-2H3,(H,19,20). The second-order valence-electron chi connectivity index (χ2n) is 4.11. The van der Waals surface area contributed by atoms with E-state index in [0.717, 1.165) is 7.11 Å². The SMILES string of the molecule is CCOCCC(=O)N(C(=O)O)c1cc(Cl)ccc1C(=O)OC. The first-order valence-electron chi connectivity index (χ1n) is 6.43. The lowest BCUT2D eigenvalue weighted by Gasteiger charge is -2.20. The molecule has 1 aromatic carbocycles. The quantitative estimate of drug-likeness (QED) is 0.637. The number of anilines is 1. The second kappa shape index (κ2) is 8.35. The summed E-state index contributed by atoms with van der Waals surface area (Å²) in [5, 5.41) is 9.48. The van der Waals surface area contributed by atoms with Gasteiger partial charge in [0, 0.05) is 11.6 Å². The second-order valence-corrected chi connectivity index (χ2v) is 4.55. The molecule has 0 aliphatic carbocycles. The summed E-state index contributed by atoms with van der Waals surface area (Å²) in [6.07, 6.45) is -1.67. The summed E-state index contributed by atoms with van der Waals surface area (Å²) < 4.78 is 9.62. The smallest absolute Gasteiger partial charge is 0.418 e. The van der Waals surface area contributed by atoms with Gasteiger partial charge in [0.25, 0.3) is 0 Å². The van der Waals surface area contributed by atoms with E-state index in [0.29, 0.717) is 11.5 Å². The molecule has 0 spiro atoms. The van der Waals surface area contributed by atoms with E-state index in [1.807, 2.05) is 0 Å². The van der Waals surface area contributed by atoms with Crippen molar-refractivity contribution in [2.75, 3.05) is 25.2 Å². The minimum absolute atomic E-state index is 0.0703. The molecular formula is C14H16ClNO6. The fourth-order valence-electron chi connectivity index (χ4n) is 1.73. The molecule has 0 saturated heterocycles. The highest BCUT2D eigenvalue weighted by atomic mass is 35.5. The molecule has 1 rings (SSSR count). The number of rotatable bonds is 6. The molecule has 1 N–H and O–H groups in total. The molecule has 0 fully saturated rings. The summed E-state index contributed by atoms with van der Waals surface area (Å²) in [5.41, 5.74) is -0.215. The van der Waals surface area contributed by atoms with Crippen molar-refractivity contribution in [3.8, 4) is 0 Å². The molecule has 120 valence electrons. The maximum absolute atomic E-state index is 12.1. The van der Waals surface area contributed by atoms with Crippen LogP contribution in [0.15, 0.2) is 18.2 Å². The maximum atomic E-state index is 12.1. The van der Waals surface area contributed by atoms with Crippen molar-refractivity contribution in [3.63, 3.8) is 0 Å². The zero-order chi connectivity index (χ0) is 16.7. The number of esters is 1. The van der Waals surface area contributed by atoms with Crippen LogP contribution in [0.2, 0.25) is 5.02 Å². The average molecular weight is 330 g/mol. The Morgan fingerprint density at radius 3 is 2.55 bits per heavy atom. The third-order valence-corrected chi connectivity index (χ3v) is 2.95. The molecule has 0 aliphatic heterocycles. The van der Waals surface area contributed by atoms with Crippen molar-refractivity contribution in [2.24, 2.45) is 0 Å². The van der Waals surface area contributed by atoms with E-state index < -0.39 is 18.0 Å². The Kier molecular flexibility index (Phi) is 6.81. The first kappa shape index (κ1) is 17.9. The van der Waals surface area contributed by atoms with Gasteiger partial charge in [-0.3, -0.25) is 4.79 Å². The minimum atomic E-state index is -1.52. The first-order chi connectivity index (χ1) is 10.4. The van der Waals surface area contributed by atoms with Gasteiger partial charge in [-0.1, -0.05) is 11.6 Å². The predicted octanol–water partition coefficient (Wildman–Crippen LogP) is 2.56. The van der Waals surface area contributed by atoms with Crippen LogP contribution in [0, 0.1) is 0 Å². The number of amides is 2. The lowest BCUT2D eigenvalue weighted by atomic mass is 10.1. The number of benzene rings is 1. The molecule has 0 heterocycles. The van der Waals surface area contributed by atoms with E-state index in [1.54, 1.807) is 6.92 Å². The fourth-order valence-corrected chi connectivity index (χ4v) is 1.90. The van der Waals surface area contributed by atoms with Gasteiger partial charge in [-0.25, -0.2) is 14.5 Å². The van der Waals surface area contributed by atoms with E-state index >= 15 is 0 Å². The molecule has 0 radical (unpaired) electrons. The number of carbonyl (C=O) groups is 3. The molecule has 0 atom stereocenters. The van der Waals surface area contributed by atoms with Gasteiger partial charge in [0.1, 0.15) is 0 Å². The Balaban J connectivity index is 3.20. The van der Waals surface area contributed by atoms with Crippen molar-refractivity contribution in [3.05, 3.63) is 28.8 Å². The monoisotopic (exact) mass is 329 g/mol. The average Bonchev–Trinajstić information content (AvgIpc) is 2.46. The van der Waals surface area contributed by atoms with Crippen molar-refractivity contribution in [2.45, 2.75) is 13.3 Å². The van der Waals surface area contributed by atoms with Gasteiger partial charge >= 0.3 is 12.1 Å². The van der Waals surface area contributed by atoms with Crippen LogP contribution in [0.25, 0.3) is 0 Å². The van der Waals surface area contributed by atoms with Crippen LogP contribution >= 0.6 is 11.6 Å². The van der Waals surface area contributed by atoms with E-state index in [1.165, 1.54) is 18.2 Å². The van der Waals surface area contributed by atoms with E-state index in [4.69, 9.17) is 16.3 Å². The molecule has 2 amide bonds. The van der Waals surface area contributed by atoms with E-state index in [-0.39, 0.29) is 29.3 Å². The Morgan fingerprint density at radius 2 is 2.00 bits per heavy atom. The molecule has 7 nitrogen and oxygen atoms in total. The van der Waals surface area contributed by atoms with Gasteiger partial charge in [-0.2, -0.15) is 0 Å². The number of halogens is 1. The van der Waals surface area contributed by atoms with E-state index in [2.05, 4.69) is 4.74 Å². The lowest BCUT2D eigenvalue weighted by molar-refractivity contribution is -0.119. The highest BCUT2D eigenvalue weighted by molar-refractivity contribution is 6.31. The number of ether oxygens (including phenoxy) is 2. The molecule has 0 aliphatic rings. The highest BCUT2D eigenvalue weighted by Gasteiger charge is 2.27. The Morgan fingerprint density at radius 1 is 1.32 bits per heavy atom. The van der Waals surface area contributed by atoms with Crippen LogP contribution in [0.4, 0.5) is 10.5 Å². The van der Waals surface area contributed by atoms with Gasteiger partial charge in [0.2, 0.25) is 5.91 Å². The van der Waals surface area contributed by atoms with Crippen molar-refractivity contribution < 1.29 is 29.0 Å². The van der Waals surface area contributed by atoms with Crippen LogP contribution in [0.3, 0.4) is 0 Å². The fraction of sp³-hybridized carbons (Fsp3) is 0.357. The number of hydrogen-bond donors (Lipinski definition) is 1. The first-order valence-corrected chi connectivity index (χ1v) is 6.81. The molecule has 1 aromatic rings. The number of carboxylic acid groups (broad SMARTS) is 1. The number of carbonyl (C=O) groups excluding carboxylic acids is 2. The van der Waals surface area contributed by atoms with Gasteiger partial charge in [-0.15, -0.1) is 0 Å². The van der Waals surface area contributed by atoms with Crippen molar-refractivity contribution >= 4 is 35.3 Å². The predicted molar refractivity (Wildman–Crippen MR) is 79.4 cm³/mol. The molecule has 22 heavy (non-hydrogen) atoms. The Bertz CT molecular complexity index is 574. The van der Waals surface area contributed by atoms with Gasteiger partial charge in [0.05, 0.1) is 31.4 Å². The lowest BCUT2D eigenvalue weighted by Crippen LogP contribution is -2.37. The Hall–Kier alpha value is -2.12. The molecule has 0 aromatic heterocycles. The summed E-state index contributed by atoms with van der Waals surface area (Å²) in [4.78, 5) is 35.7. The number of nitrogens with zero attached hydrogens (tertiary/aromatic N) is 1. The third-order valence-electron chi connectivity index (χ3n) is 2.71.